The van der Waals surface area contributed by atoms with Crippen molar-refractivity contribution < 1.29 is 9.90 Å². The number of carbonyl (C=O) groups is 1. The van der Waals surface area contributed by atoms with Crippen molar-refractivity contribution in [1.82, 2.24) is 10.2 Å². The molecule has 0 bridgehead atoms. The van der Waals surface area contributed by atoms with Crippen LogP contribution < -0.4 is 5.32 Å². The molecule has 1 unspecified atom stereocenters. The molecule has 16 heavy (non-hydrogen) atoms. The number of carbonyl (C=O) groups excluding carboxylic acids is 1. The monoisotopic (exact) mass is 226 g/mol. The van der Waals surface area contributed by atoms with Gasteiger partial charge in [0, 0.05) is 6.54 Å². The second kappa shape index (κ2) is 3.70. The first-order chi connectivity index (χ1) is 7.37. The molecule has 0 aromatic carbocycles. The summed E-state index contributed by atoms with van der Waals surface area (Å²) in [6.45, 7) is 8.70. The standard InChI is InChI=1S/C12H22N2O2/c1-9(2)12(16)7-14(8-12)10(15)11(3)4-5-13-6-11/h9,13,16H,4-8H2,1-3H3. The zero-order chi connectivity index (χ0) is 12.0. The molecule has 0 aromatic heterocycles. The van der Waals surface area contributed by atoms with Gasteiger partial charge in [-0.15, -0.1) is 0 Å². The molecule has 0 spiro atoms. The zero-order valence-electron chi connectivity index (χ0n) is 10.4. The van der Waals surface area contributed by atoms with Gasteiger partial charge in [-0.05, 0) is 25.8 Å². The predicted molar refractivity (Wildman–Crippen MR) is 62.0 cm³/mol. The lowest BCUT2D eigenvalue weighted by atomic mass is 9.79. The van der Waals surface area contributed by atoms with Crippen LogP contribution >= 0.6 is 0 Å². The summed E-state index contributed by atoms with van der Waals surface area (Å²) in [5.41, 5.74) is -0.906. The number of β-amino-alcohol motifs (C(OH)–C–C–N with tert-alkyl or cyclic N) is 1. The average molecular weight is 226 g/mol. The van der Waals surface area contributed by atoms with Gasteiger partial charge in [-0.1, -0.05) is 13.8 Å². The molecule has 92 valence electrons. The number of aliphatic hydroxyl groups is 1. The minimum atomic E-state index is -0.655. The number of nitrogens with zero attached hydrogens (tertiary/aromatic N) is 1. The van der Waals surface area contributed by atoms with Crippen LogP contribution in [0.5, 0.6) is 0 Å². The summed E-state index contributed by atoms with van der Waals surface area (Å²) in [6, 6.07) is 0. The quantitative estimate of drug-likeness (QED) is 0.708. The van der Waals surface area contributed by atoms with Gasteiger partial charge in [0.05, 0.1) is 18.5 Å². The fourth-order valence-corrected chi connectivity index (χ4v) is 2.50. The normalized spacial score (nSPS) is 32.9. The molecule has 0 saturated carbocycles. The first-order valence-corrected chi connectivity index (χ1v) is 6.10. The smallest absolute Gasteiger partial charge is 0.230 e. The first kappa shape index (κ1) is 11.9. The van der Waals surface area contributed by atoms with E-state index in [0.29, 0.717) is 13.1 Å². The van der Waals surface area contributed by atoms with E-state index in [1.165, 1.54) is 0 Å². The summed E-state index contributed by atoms with van der Waals surface area (Å²) < 4.78 is 0. The van der Waals surface area contributed by atoms with Crippen LogP contribution in [0.1, 0.15) is 27.2 Å². The van der Waals surface area contributed by atoms with E-state index in [9.17, 15) is 9.90 Å². The van der Waals surface area contributed by atoms with Gasteiger partial charge >= 0.3 is 0 Å². The van der Waals surface area contributed by atoms with Crippen molar-refractivity contribution >= 4 is 5.91 Å². The molecule has 2 aliphatic rings. The molecule has 1 amide bonds. The molecule has 0 aliphatic carbocycles. The summed E-state index contributed by atoms with van der Waals surface area (Å²) in [7, 11) is 0. The summed E-state index contributed by atoms with van der Waals surface area (Å²) in [5.74, 6) is 0.411. The number of nitrogens with one attached hydrogen (secondary N) is 1. The average Bonchev–Trinajstić information content (AvgIpc) is 2.60. The Morgan fingerprint density at radius 1 is 1.44 bits per heavy atom. The molecule has 2 heterocycles. The summed E-state index contributed by atoms with van der Waals surface area (Å²) >= 11 is 0. The van der Waals surface area contributed by atoms with Gasteiger partial charge in [-0.2, -0.15) is 0 Å². The Kier molecular flexibility index (Phi) is 2.75. The Labute approximate surface area is 97.0 Å². The molecule has 2 fully saturated rings. The summed E-state index contributed by atoms with van der Waals surface area (Å²) in [5, 5.41) is 13.4. The Morgan fingerprint density at radius 2 is 2.06 bits per heavy atom. The van der Waals surface area contributed by atoms with Crippen molar-refractivity contribution in [2.45, 2.75) is 32.8 Å². The number of likely N-dealkylation sites (tertiary alicyclic amines) is 1. The van der Waals surface area contributed by atoms with Crippen molar-refractivity contribution in [2.75, 3.05) is 26.2 Å². The van der Waals surface area contributed by atoms with E-state index in [1.54, 1.807) is 4.90 Å². The highest BCUT2D eigenvalue weighted by molar-refractivity contribution is 5.84. The second-order valence-corrected chi connectivity index (χ2v) is 5.91. The summed E-state index contributed by atoms with van der Waals surface area (Å²) in [6.07, 6.45) is 0.905. The van der Waals surface area contributed by atoms with E-state index >= 15 is 0 Å². The lowest BCUT2D eigenvalue weighted by molar-refractivity contribution is -0.171. The highest BCUT2D eigenvalue weighted by Crippen LogP contribution is 2.34. The molecule has 2 aliphatic heterocycles. The third kappa shape index (κ3) is 1.74. The third-order valence-electron chi connectivity index (χ3n) is 4.18. The predicted octanol–water partition coefficient (Wildman–Crippen LogP) is 0.215. The maximum Gasteiger partial charge on any atom is 0.230 e. The van der Waals surface area contributed by atoms with E-state index in [0.717, 1.165) is 19.5 Å². The van der Waals surface area contributed by atoms with Gasteiger partial charge in [0.25, 0.3) is 0 Å². The molecule has 1 atom stereocenters. The number of hydrogen-bond acceptors (Lipinski definition) is 3. The molecule has 4 heteroatoms. The lowest BCUT2D eigenvalue weighted by Crippen LogP contribution is -2.68. The van der Waals surface area contributed by atoms with Gasteiger partial charge in [0.2, 0.25) is 5.91 Å². The highest BCUT2D eigenvalue weighted by atomic mass is 16.3. The molecule has 2 N–H and O–H groups in total. The van der Waals surface area contributed by atoms with Crippen LogP contribution in [0.15, 0.2) is 0 Å². The molecule has 0 radical (unpaired) electrons. The van der Waals surface area contributed by atoms with Crippen LogP contribution in [0.4, 0.5) is 0 Å². The van der Waals surface area contributed by atoms with E-state index in [4.69, 9.17) is 0 Å². The minimum absolute atomic E-state index is 0.197. The van der Waals surface area contributed by atoms with Gasteiger partial charge in [-0.3, -0.25) is 4.79 Å². The fraction of sp³-hybridized carbons (Fsp3) is 0.917. The molecule has 4 nitrogen and oxygen atoms in total. The van der Waals surface area contributed by atoms with Crippen LogP contribution in [0, 0.1) is 11.3 Å². The molecule has 2 saturated heterocycles. The maximum atomic E-state index is 12.2. The van der Waals surface area contributed by atoms with Crippen molar-refractivity contribution in [2.24, 2.45) is 11.3 Å². The molecule has 0 aromatic rings. The SMILES string of the molecule is CC(C)C1(O)CN(C(=O)C2(C)CCNC2)C1. The van der Waals surface area contributed by atoms with Crippen molar-refractivity contribution in [1.29, 1.82) is 0 Å². The van der Waals surface area contributed by atoms with Crippen LogP contribution in [-0.2, 0) is 4.79 Å². The minimum Gasteiger partial charge on any atom is -0.386 e. The third-order valence-corrected chi connectivity index (χ3v) is 4.18. The number of amides is 1. The highest BCUT2D eigenvalue weighted by Gasteiger charge is 2.50. The van der Waals surface area contributed by atoms with Gasteiger partial charge in [-0.25, -0.2) is 0 Å². The van der Waals surface area contributed by atoms with E-state index in [2.05, 4.69) is 5.32 Å². The number of rotatable bonds is 2. The largest absolute Gasteiger partial charge is 0.386 e. The molecular weight excluding hydrogens is 204 g/mol. The van der Waals surface area contributed by atoms with E-state index in [1.807, 2.05) is 20.8 Å². The van der Waals surface area contributed by atoms with Crippen molar-refractivity contribution in [3.8, 4) is 0 Å². The van der Waals surface area contributed by atoms with Crippen molar-refractivity contribution in [3.63, 3.8) is 0 Å². The number of hydrogen-bond donors (Lipinski definition) is 2. The topological polar surface area (TPSA) is 52.6 Å². The second-order valence-electron chi connectivity index (χ2n) is 5.91. The van der Waals surface area contributed by atoms with Crippen LogP contribution in [0.3, 0.4) is 0 Å². The van der Waals surface area contributed by atoms with Crippen LogP contribution in [0.2, 0.25) is 0 Å². The molecular formula is C12H22N2O2. The van der Waals surface area contributed by atoms with Gasteiger partial charge in [0.1, 0.15) is 5.60 Å². The first-order valence-electron chi connectivity index (χ1n) is 6.10. The van der Waals surface area contributed by atoms with Crippen LogP contribution in [-0.4, -0.2) is 47.7 Å². The Hall–Kier alpha value is -0.610. The Bertz CT molecular complexity index is 289. The summed E-state index contributed by atoms with van der Waals surface area (Å²) in [4.78, 5) is 14.0. The zero-order valence-corrected chi connectivity index (χ0v) is 10.4. The van der Waals surface area contributed by atoms with Gasteiger partial charge < -0.3 is 15.3 Å². The maximum absolute atomic E-state index is 12.2. The van der Waals surface area contributed by atoms with E-state index < -0.39 is 5.60 Å². The fourth-order valence-electron chi connectivity index (χ4n) is 2.50. The Balaban J connectivity index is 1.95. The lowest BCUT2D eigenvalue weighted by Gasteiger charge is -2.51. The van der Waals surface area contributed by atoms with Crippen molar-refractivity contribution in [3.05, 3.63) is 0 Å². The van der Waals surface area contributed by atoms with E-state index in [-0.39, 0.29) is 17.2 Å². The molecule has 2 rings (SSSR count). The van der Waals surface area contributed by atoms with Gasteiger partial charge in [0.15, 0.2) is 0 Å². The van der Waals surface area contributed by atoms with Crippen LogP contribution in [0.25, 0.3) is 0 Å². The Morgan fingerprint density at radius 3 is 2.50 bits per heavy atom.